The number of benzene rings is 1. The number of aryl methyl sites for hydroxylation is 3. The molecular weight excluding hydrogens is 402 g/mol. The molecule has 2 amide bonds. The molecule has 162 valence electrons. The number of hydrogen-bond donors (Lipinski definition) is 4. The highest BCUT2D eigenvalue weighted by atomic mass is 16.4. The van der Waals surface area contributed by atoms with Crippen molar-refractivity contribution in [1.29, 1.82) is 0 Å². The first kappa shape index (κ1) is 21.8. The Labute approximate surface area is 178 Å². The molecule has 0 aliphatic carbocycles. The van der Waals surface area contributed by atoms with Gasteiger partial charge in [-0.15, -0.1) is 0 Å². The molecule has 31 heavy (non-hydrogen) atoms. The van der Waals surface area contributed by atoms with Gasteiger partial charge in [-0.25, -0.2) is 14.8 Å². The van der Waals surface area contributed by atoms with E-state index >= 15 is 0 Å². The lowest BCUT2D eigenvalue weighted by atomic mass is 10.1. The van der Waals surface area contributed by atoms with E-state index in [4.69, 9.17) is 5.73 Å². The number of aromatic nitrogens is 3. The minimum atomic E-state index is -1.23. The van der Waals surface area contributed by atoms with Crippen molar-refractivity contribution in [3.8, 4) is 17.3 Å². The molecule has 1 aromatic carbocycles. The zero-order valence-electron chi connectivity index (χ0n) is 16.9. The normalized spacial score (nSPS) is 11.9. The fourth-order valence-electron chi connectivity index (χ4n) is 3.15. The Morgan fingerprint density at radius 3 is 2.58 bits per heavy atom. The van der Waals surface area contributed by atoms with Gasteiger partial charge in [-0.2, -0.15) is 0 Å². The fraction of sp³-hybridized carbons (Fsp3) is 0.286. The summed E-state index contributed by atoms with van der Waals surface area (Å²) in [7, 11) is 0. The van der Waals surface area contributed by atoms with E-state index in [9.17, 15) is 24.6 Å². The standard InChI is InChI=1S/C21H23N5O5/c1-12-10-15-18(24-12)23-11-26(20(15)29)9-8-13-2-4-14(5-3-13)19(28)25-16(21(30)31)6-7-17(22)27/h2-5,10-11,16,29H,6-9H2,1H3,(H2,22,27)(H,25,28)(H,30,31)/t16-/m0/s1. The van der Waals surface area contributed by atoms with Crippen LogP contribution in [-0.2, 0) is 22.6 Å². The molecule has 1 aromatic rings. The minimum Gasteiger partial charge on any atom is -0.494 e. The molecule has 2 heterocycles. The van der Waals surface area contributed by atoms with Crippen molar-refractivity contribution in [3.63, 3.8) is 0 Å². The van der Waals surface area contributed by atoms with Crippen molar-refractivity contribution >= 4 is 17.8 Å². The van der Waals surface area contributed by atoms with Crippen LogP contribution in [0.2, 0.25) is 0 Å². The van der Waals surface area contributed by atoms with Crippen LogP contribution in [-0.4, -0.2) is 48.6 Å². The maximum absolute atomic E-state index is 12.3. The maximum Gasteiger partial charge on any atom is 0.326 e. The molecule has 0 aromatic heterocycles. The fourth-order valence-corrected chi connectivity index (χ4v) is 3.15. The van der Waals surface area contributed by atoms with E-state index in [2.05, 4.69) is 15.3 Å². The Morgan fingerprint density at radius 1 is 1.23 bits per heavy atom. The van der Waals surface area contributed by atoms with E-state index < -0.39 is 23.8 Å². The van der Waals surface area contributed by atoms with Crippen LogP contribution in [0.5, 0.6) is 5.88 Å². The largest absolute Gasteiger partial charge is 0.494 e. The number of rotatable bonds is 9. The van der Waals surface area contributed by atoms with Crippen LogP contribution in [0, 0.1) is 6.92 Å². The summed E-state index contributed by atoms with van der Waals surface area (Å²) in [6, 6.07) is 7.27. The molecule has 2 aliphatic rings. The number of carboxylic acids is 1. The van der Waals surface area contributed by atoms with E-state index in [0.717, 1.165) is 11.3 Å². The summed E-state index contributed by atoms with van der Waals surface area (Å²) in [5.41, 5.74) is 7.63. The molecule has 5 N–H and O–H groups in total. The monoisotopic (exact) mass is 425 g/mol. The van der Waals surface area contributed by atoms with Gasteiger partial charge in [0.05, 0.1) is 11.9 Å². The third-order valence-electron chi connectivity index (χ3n) is 4.85. The molecule has 0 bridgehead atoms. The number of fused-ring (bicyclic) bond motifs is 1. The predicted octanol–water partition coefficient (Wildman–Crippen LogP) is 1.09. The molecule has 0 saturated heterocycles. The SMILES string of the molecule is Cc1cc2c(O)n(CCc3ccc(C(=O)N[C@@H](CCC(N)=O)C(=O)O)cc3)cnc-2n1. The van der Waals surface area contributed by atoms with Gasteiger partial charge in [-0.1, -0.05) is 12.1 Å². The number of aliphatic carboxylic acids is 1. The summed E-state index contributed by atoms with van der Waals surface area (Å²) < 4.78 is 1.63. The van der Waals surface area contributed by atoms with Gasteiger partial charge in [0, 0.05) is 24.2 Å². The average Bonchev–Trinajstić information content (AvgIpc) is 3.11. The molecule has 1 atom stereocenters. The molecular formula is C21H23N5O5. The Hall–Kier alpha value is -3.95. The van der Waals surface area contributed by atoms with Crippen LogP contribution in [0.4, 0.5) is 0 Å². The van der Waals surface area contributed by atoms with Crippen molar-refractivity contribution in [1.82, 2.24) is 19.9 Å². The number of carboxylic acid groups (broad SMARTS) is 1. The summed E-state index contributed by atoms with van der Waals surface area (Å²) >= 11 is 0. The predicted molar refractivity (Wildman–Crippen MR) is 111 cm³/mol. The number of carbonyl (C=O) groups is 3. The molecule has 0 saturated carbocycles. The zero-order chi connectivity index (χ0) is 22.5. The van der Waals surface area contributed by atoms with Crippen molar-refractivity contribution < 1.29 is 24.6 Å². The van der Waals surface area contributed by atoms with E-state index in [0.29, 0.717) is 29.9 Å². The van der Waals surface area contributed by atoms with Gasteiger partial charge in [0.1, 0.15) is 6.04 Å². The van der Waals surface area contributed by atoms with Gasteiger partial charge in [-0.05, 0) is 43.5 Å². The van der Waals surface area contributed by atoms with Crippen LogP contribution in [0.25, 0.3) is 11.4 Å². The van der Waals surface area contributed by atoms with Crippen molar-refractivity contribution in [2.24, 2.45) is 5.73 Å². The molecule has 2 aliphatic heterocycles. The number of carbonyl (C=O) groups excluding carboxylic acids is 2. The summed E-state index contributed by atoms with van der Waals surface area (Å²) in [4.78, 5) is 42.9. The highest BCUT2D eigenvalue weighted by Gasteiger charge is 2.21. The van der Waals surface area contributed by atoms with Gasteiger partial charge in [-0.3, -0.25) is 9.59 Å². The van der Waals surface area contributed by atoms with Gasteiger partial charge in [0.15, 0.2) is 5.82 Å². The lowest BCUT2D eigenvalue weighted by Gasteiger charge is -2.14. The Bertz CT molecular complexity index is 1080. The lowest BCUT2D eigenvalue weighted by Crippen LogP contribution is -2.41. The zero-order valence-corrected chi connectivity index (χ0v) is 16.9. The summed E-state index contributed by atoms with van der Waals surface area (Å²) in [5, 5.41) is 22.0. The smallest absolute Gasteiger partial charge is 0.326 e. The minimum absolute atomic E-state index is 0.0774. The lowest BCUT2D eigenvalue weighted by molar-refractivity contribution is -0.139. The Kier molecular flexibility index (Phi) is 6.49. The number of primary amides is 1. The molecule has 0 fully saturated rings. The molecule has 10 nitrogen and oxygen atoms in total. The van der Waals surface area contributed by atoms with Crippen molar-refractivity contribution in [3.05, 3.63) is 53.5 Å². The molecule has 0 spiro atoms. The summed E-state index contributed by atoms with van der Waals surface area (Å²) in [5.74, 6) is -1.82. The van der Waals surface area contributed by atoms with E-state index in [-0.39, 0.29) is 18.7 Å². The number of nitrogens with zero attached hydrogens (tertiary/aromatic N) is 3. The van der Waals surface area contributed by atoms with E-state index in [1.807, 2.05) is 6.92 Å². The van der Waals surface area contributed by atoms with Gasteiger partial charge in [0.2, 0.25) is 11.8 Å². The van der Waals surface area contributed by atoms with Crippen molar-refractivity contribution in [2.45, 2.75) is 38.8 Å². The second-order valence-electron chi connectivity index (χ2n) is 7.21. The first-order chi connectivity index (χ1) is 14.7. The molecule has 0 unspecified atom stereocenters. The third kappa shape index (κ3) is 5.35. The maximum atomic E-state index is 12.3. The average molecular weight is 425 g/mol. The van der Waals surface area contributed by atoms with Gasteiger partial charge >= 0.3 is 5.97 Å². The molecule has 0 radical (unpaired) electrons. The summed E-state index contributed by atoms with van der Waals surface area (Å²) in [6.45, 7) is 2.30. The second-order valence-corrected chi connectivity index (χ2v) is 7.21. The highest BCUT2D eigenvalue weighted by molar-refractivity contribution is 5.96. The third-order valence-corrected chi connectivity index (χ3v) is 4.85. The topological polar surface area (TPSA) is 160 Å². The van der Waals surface area contributed by atoms with Crippen LogP contribution in [0.3, 0.4) is 0 Å². The number of nitrogens with two attached hydrogens (primary N) is 1. The van der Waals surface area contributed by atoms with Crippen LogP contribution < -0.4 is 11.1 Å². The van der Waals surface area contributed by atoms with Crippen LogP contribution in [0.1, 0.15) is 34.5 Å². The molecule has 3 rings (SSSR count). The van der Waals surface area contributed by atoms with Gasteiger partial charge < -0.3 is 25.8 Å². The summed E-state index contributed by atoms with van der Waals surface area (Å²) in [6.07, 6.45) is 1.90. The second kappa shape index (κ2) is 9.24. The first-order valence-corrected chi connectivity index (χ1v) is 9.67. The van der Waals surface area contributed by atoms with E-state index in [1.165, 1.54) is 6.33 Å². The molecule has 10 heteroatoms. The Balaban J connectivity index is 1.62. The highest BCUT2D eigenvalue weighted by Crippen LogP contribution is 2.29. The van der Waals surface area contributed by atoms with Crippen LogP contribution >= 0.6 is 0 Å². The Morgan fingerprint density at radius 2 is 1.94 bits per heavy atom. The van der Waals surface area contributed by atoms with Crippen LogP contribution in [0.15, 0.2) is 36.7 Å². The number of amides is 2. The first-order valence-electron chi connectivity index (χ1n) is 9.67. The number of aromatic hydroxyl groups is 1. The van der Waals surface area contributed by atoms with Crippen molar-refractivity contribution in [2.75, 3.05) is 0 Å². The number of nitrogens with one attached hydrogen (secondary N) is 1. The van der Waals surface area contributed by atoms with Gasteiger partial charge in [0.25, 0.3) is 5.91 Å². The quantitative estimate of drug-likeness (QED) is 0.399. The number of hydrogen-bond acceptors (Lipinski definition) is 6. The van der Waals surface area contributed by atoms with E-state index in [1.54, 1.807) is 34.9 Å².